The van der Waals surface area contributed by atoms with Gasteiger partial charge < -0.3 is 9.47 Å². The molecular weight excluding hydrogens is 378 g/mol. The lowest BCUT2D eigenvalue weighted by Crippen LogP contribution is -2.39. The van der Waals surface area contributed by atoms with Crippen molar-refractivity contribution in [2.24, 2.45) is 0 Å². The predicted molar refractivity (Wildman–Crippen MR) is 116 cm³/mol. The van der Waals surface area contributed by atoms with Crippen LogP contribution in [0.4, 0.5) is 5.69 Å². The maximum atomic E-state index is 11.3. The fraction of sp³-hybridized carbons (Fsp3) is 0.200. The van der Waals surface area contributed by atoms with E-state index in [9.17, 15) is 10.1 Å². The number of hydrogen-bond donors (Lipinski definition) is 0. The molecule has 5 nitrogen and oxygen atoms in total. The summed E-state index contributed by atoms with van der Waals surface area (Å²) in [5, 5.41) is 11.3. The van der Waals surface area contributed by atoms with Gasteiger partial charge in [0.2, 0.25) is 0 Å². The highest BCUT2D eigenvalue weighted by atomic mass is 16.6. The Morgan fingerprint density at radius 3 is 2.17 bits per heavy atom. The number of rotatable bonds is 7. The first-order chi connectivity index (χ1) is 14.6. The Balaban J connectivity index is 1.93. The Kier molecular flexibility index (Phi) is 5.63. The van der Waals surface area contributed by atoms with Crippen molar-refractivity contribution in [1.82, 2.24) is 0 Å². The van der Waals surface area contributed by atoms with Crippen molar-refractivity contribution in [2.75, 3.05) is 13.2 Å². The van der Waals surface area contributed by atoms with Crippen LogP contribution in [0.5, 0.6) is 5.75 Å². The average Bonchev–Trinajstić information content (AvgIpc) is 2.79. The highest BCUT2D eigenvalue weighted by Crippen LogP contribution is 2.48. The van der Waals surface area contributed by atoms with Crippen LogP contribution in [-0.2, 0) is 10.3 Å². The van der Waals surface area contributed by atoms with E-state index in [4.69, 9.17) is 9.47 Å². The molecule has 0 atom stereocenters. The first kappa shape index (κ1) is 19.9. The van der Waals surface area contributed by atoms with Crippen LogP contribution in [-0.4, -0.2) is 18.1 Å². The Morgan fingerprint density at radius 2 is 1.60 bits per heavy atom. The fourth-order valence-corrected chi connectivity index (χ4v) is 3.95. The minimum Gasteiger partial charge on any atom is -0.473 e. The first-order valence-corrected chi connectivity index (χ1v) is 10.0. The largest absolute Gasteiger partial charge is 0.473 e. The topological polar surface area (TPSA) is 61.6 Å². The molecule has 4 rings (SSSR count). The van der Waals surface area contributed by atoms with Gasteiger partial charge >= 0.3 is 0 Å². The van der Waals surface area contributed by atoms with E-state index in [1.165, 1.54) is 6.07 Å². The van der Waals surface area contributed by atoms with E-state index in [0.717, 1.165) is 16.7 Å². The zero-order valence-corrected chi connectivity index (χ0v) is 16.8. The number of fused-ring (bicyclic) bond motifs is 1. The summed E-state index contributed by atoms with van der Waals surface area (Å²) < 4.78 is 12.4. The summed E-state index contributed by atoms with van der Waals surface area (Å²) in [4.78, 5) is 10.9. The van der Waals surface area contributed by atoms with Gasteiger partial charge in [-0.15, -0.1) is 0 Å². The van der Waals surface area contributed by atoms with Crippen molar-refractivity contribution >= 4 is 11.8 Å². The average molecular weight is 401 g/mol. The molecule has 1 aliphatic heterocycles. The molecule has 0 spiro atoms. The van der Waals surface area contributed by atoms with Crippen LogP contribution in [0.1, 0.15) is 30.0 Å². The number of benzene rings is 3. The third-order valence-electron chi connectivity index (χ3n) is 5.33. The maximum Gasteiger partial charge on any atom is 0.270 e. The van der Waals surface area contributed by atoms with E-state index < -0.39 is 5.60 Å². The van der Waals surface area contributed by atoms with Crippen molar-refractivity contribution in [3.05, 3.63) is 111 Å². The van der Waals surface area contributed by atoms with Crippen molar-refractivity contribution in [3.63, 3.8) is 0 Å². The third-order valence-corrected chi connectivity index (χ3v) is 5.33. The molecule has 0 aromatic heterocycles. The molecule has 0 aliphatic carbocycles. The Labute approximate surface area is 175 Å². The quantitative estimate of drug-likeness (QED) is 0.288. The lowest BCUT2D eigenvalue weighted by molar-refractivity contribution is -0.384. The second-order valence-corrected chi connectivity index (χ2v) is 7.11. The van der Waals surface area contributed by atoms with Crippen LogP contribution in [0, 0.1) is 10.1 Å². The van der Waals surface area contributed by atoms with Gasteiger partial charge in [-0.2, -0.15) is 0 Å². The number of non-ortho nitro benzene ring substituents is 1. The maximum absolute atomic E-state index is 11.3. The summed E-state index contributed by atoms with van der Waals surface area (Å²) in [7, 11) is 0. The summed E-state index contributed by atoms with van der Waals surface area (Å²) in [6.07, 6.45) is 2.66. The molecule has 0 unspecified atom stereocenters. The van der Waals surface area contributed by atoms with E-state index in [1.807, 2.05) is 49.4 Å². The van der Waals surface area contributed by atoms with Crippen LogP contribution < -0.4 is 4.74 Å². The molecule has 5 heteroatoms. The number of nitro groups is 1. The van der Waals surface area contributed by atoms with Gasteiger partial charge in [0.25, 0.3) is 5.69 Å². The monoisotopic (exact) mass is 401 g/mol. The number of hydrogen-bond acceptors (Lipinski definition) is 4. The third kappa shape index (κ3) is 3.60. The van der Waals surface area contributed by atoms with Crippen LogP contribution in [0.25, 0.3) is 6.08 Å². The van der Waals surface area contributed by atoms with Gasteiger partial charge in [0.15, 0.2) is 5.60 Å². The number of ether oxygens (including phenoxy) is 2. The molecule has 0 bridgehead atoms. The first-order valence-electron chi connectivity index (χ1n) is 10.0. The van der Waals surface area contributed by atoms with Gasteiger partial charge in [0, 0.05) is 35.4 Å². The molecule has 30 heavy (non-hydrogen) atoms. The van der Waals surface area contributed by atoms with Crippen LogP contribution >= 0.6 is 0 Å². The summed E-state index contributed by atoms with van der Waals surface area (Å²) >= 11 is 0. The minimum absolute atomic E-state index is 0.0460. The van der Waals surface area contributed by atoms with Crippen molar-refractivity contribution in [3.8, 4) is 5.75 Å². The number of nitrogens with zero attached hydrogens (tertiary/aromatic N) is 1. The normalized spacial score (nSPS) is 14.4. The molecule has 0 fully saturated rings. The van der Waals surface area contributed by atoms with Gasteiger partial charge in [-0.3, -0.25) is 10.1 Å². The predicted octanol–water partition coefficient (Wildman–Crippen LogP) is 5.74. The van der Waals surface area contributed by atoms with Crippen molar-refractivity contribution in [1.29, 1.82) is 0 Å². The standard InChI is InChI=1S/C25H23NO4/c1-2-29-16-15-22-17-19-18-23(26(27)28)13-14-24(19)30-25(22,20-9-5-3-6-10-20)21-11-7-4-8-12-21/h3-14,17-18H,2,15-16H2,1H3. The summed E-state index contributed by atoms with van der Waals surface area (Å²) in [6.45, 7) is 3.13. The molecule has 0 saturated carbocycles. The summed E-state index contributed by atoms with van der Waals surface area (Å²) in [5.74, 6) is 0.619. The van der Waals surface area contributed by atoms with Gasteiger partial charge in [-0.25, -0.2) is 0 Å². The molecule has 0 N–H and O–H groups in total. The highest BCUT2D eigenvalue weighted by Gasteiger charge is 2.43. The second-order valence-electron chi connectivity index (χ2n) is 7.11. The fourth-order valence-electron chi connectivity index (χ4n) is 3.95. The van der Waals surface area contributed by atoms with Crippen molar-refractivity contribution < 1.29 is 14.4 Å². The Bertz CT molecular complexity index is 1020. The molecule has 1 aliphatic rings. The smallest absolute Gasteiger partial charge is 0.270 e. The van der Waals surface area contributed by atoms with E-state index in [2.05, 4.69) is 24.3 Å². The Morgan fingerprint density at radius 1 is 0.967 bits per heavy atom. The van der Waals surface area contributed by atoms with E-state index in [0.29, 0.717) is 30.9 Å². The van der Waals surface area contributed by atoms with Gasteiger partial charge in [0.05, 0.1) is 11.5 Å². The summed E-state index contributed by atoms with van der Waals surface area (Å²) in [5.41, 5.74) is 2.93. The molecule has 3 aromatic rings. The molecular formula is C25H23NO4. The number of nitro benzene ring substituents is 1. The van der Waals surface area contributed by atoms with Gasteiger partial charge in [0.1, 0.15) is 5.75 Å². The van der Waals surface area contributed by atoms with E-state index in [-0.39, 0.29) is 10.6 Å². The highest BCUT2D eigenvalue weighted by molar-refractivity contribution is 5.70. The lowest BCUT2D eigenvalue weighted by atomic mass is 9.76. The molecule has 0 radical (unpaired) electrons. The zero-order chi connectivity index (χ0) is 21.0. The molecule has 3 aromatic carbocycles. The molecule has 152 valence electrons. The zero-order valence-electron chi connectivity index (χ0n) is 16.8. The second kappa shape index (κ2) is 8.51. The Hall–Kier alpha value is -3.44. The minimum atomic E-state index is -0.831. The SMILES string of the molecule is CCOCCC1=Cc2cc([N+](=O)[O-])ccc2OC1(c1ccccc1)c1ccccc1. The van der Waals surface area contributed by atoms with Gasteiger partial charge in [-0.1, -0.05) is 60.7 Å². The summed E-state index contributed by atoms with van der Waals surface area (Å²) in [6, 6.07) is 24.9. The lowest BCUT2D eigenvalue weighted by Gasteiger charge is -2.41. The van der Waals surface area contributed by atoms with Crippen LogP contribution in [0.3, 0.4) is 0 Å². The molecule has 0 amide bonds. The molecule has 0 saturated heterocycles. The van der Waals surface area contributed by atoms with Gasteiger partial charge in [-0.05, 0) is 31.1 Å². The van der Waals surface area contributed by atoms with E-state index in [1.54, 1.807) is 12.1 Å². The van der Waals surface area contributed by atoms with E-state index >= 15 is 0 Å². The molecule has 1 heterocycles. The van der Waals surface area contributed by atoms with Crippen LogP contribution in [0.15, 0.2) is 84.4 Å². The van der Waals surface area contributed by atoms with Crippen LogP contribution in [0.2, 0.25) is 0 Å². The van der Waals surface area contributed by atoms with Crippen molar-refractivity contribution in [2.45, 2.75) is 18.9 Å².